The number of esters is 1. The van der Waals surface area contributed by atoms with Crippen LogP contribution in [0.1, 0.15) is 57.1 Å². The van der Waals surface area contributed by atoms with Gasteiger partial charge in [0.15, 0.2) is 0 Å². The van der Waals surface area contributed by atoms with Crippen LogP contribution >= 0.6 is 0 Å². The number of hydrogen-bond donors (Lipinski definition) is 2. The Morgan fingerprint density at radius 1 is 1.26 bits per heavy atom. The van der Waals surface area contributed by atoms with Gasteiger partial charge >= 0.3 is 5.97 Å². The van der Waals surface area contributed by atoms with Crippen LogP contribution in [0.5, 0.6) is 0 Å². The highest BCUT2D eigenvalue weighted by atomic mass is 16.5. The van der Waals surface area contributed by atoms with E-state index in [1.807, 2.05) is 37.3 Å². The summed E-state index contributed by atoms with van der Waals surface area (Å²) in [5.74, 6) is 0.325. The Bertz CT molecular complexity index is 457. The molecule has 1 fully saturated rings. The summed E-state index contributed by atoms with van der Waals surface area (Å²) in [6, 6.07) is 9.85. The Morgan fingerprint density at radius 2 is 1.96 bits per heavy atom. The van der Waals surface area contributed by atoms with Crippen molar-refractivity contribution in [3.05, 3.63) is 35.9 Å². The van der Waals surface area contributed by atoms with Crippen LogP contribution < -0.4 is 5.32 Å². The molecule has 1 aliphatic carbocycles. The van der Waals surface area contributed by atoms with Crippen molar-refractivity contribution in [3.8, 4) is 0 Å². The highest BCUT2D eigenvalue weighted by Gasteiger charge is 2.28. The van der Waals surface area contributed by atoms with Gasteiger partial charge in [-0.3, -0.25) is 4.79 Å². The van der Waals surface area contributed by atoms with Crippen LogP contribution in [-0.2, 0) is 9.53 Å². The summed E-state index contributed by atoms with van der Waals surface area (Å²) in [4.78, 5) is 12.0. The summed E-state index contributed by atoms with van der Waals surface area (Å²) in [5, 5.41) is 13.3. The fraction of sp³-hybridized carbons (Fsp3) is 0.632. The standard InChI is InChI=1S/C19H29NO3/c1-2-23-19(22)13-17(15-9-5-3-6-10-15)20-18(14-21)16-11-7-4-8-12-16/h4,7-8,11-12,15,17-18,20-21H,2-3,5-6,9-10,13-14H2,1H3/t17-,18+/m1/s1. The second-order valence-corrected chi connectivity index (χ2v) is 6.33. The number of ether oxygens (including phenoxy) is 1. The summed E-state index contributed by atoms with van der Waals surface area (Å²) in [5.41, 5.74) is 1.06. The quantitative estimate of drug-likeness (QED) is 0.722. The molecule has 1 aliphatic rings. The van der Waals surface area contributed by atoms with Crippen LogP contribution in [0.15, 0.2) is 30.3 Å². The summed E-state index contributed by atoms with van der Waals surface area (Å²) in [7, 11) is 0. The topological polar surface area (TPSA) is 58.6 Å². The SMILES string of the molecule is CCOC(=O)C[C@@H](N[C@@H](CO)c1ccccc1)C1CCCCC1. The molecular weight excluding hydrogens is 290 g/mol. The van der Waals surface area contributed by atoms with E-state index in [2.05, 4.69) is 5.32 Å². The van der Waals surface area contributed by atoms with E-state index >= 15 is 0 Å². The van der Waals surface area contributed by atoms with E-state index in [9.17, 15) is 9.90 Å². The second-order valence-electron chi connectivity index (χ2n) is 6.33. The summed E-state index contributed by atoms with van der Waals surface area (Å²) in [6.07, 6.45) is 6.39. The highest BCUT2D eigenvalue weighted by molar-refractivity contribution is 5.70. The molecule has 2 rings (SSSR count). The first-order valence-electron chi connectivity index (χ1n) is 8.82. The van der Waals surface area contributed by atoms with Gasteiger partial charge < -0.3 is 15.2 Å². The number of rotatable bonds is 8. The van der Waals surface area contributed by atoms with Crippen molar-refractivity contribution in [1.82, 2.24) is 5.32 Å². The number of carbonyl (C=O) groups excluding carboxylic acids is 1. The fourth-order valence-corrected chi connectivity index (χ4v) is 3.50. The molecule has 0 saturated heterocycles. The van der Waals surface area contributed by atoms with Crippen molar-refractivity contribution < 1.29 is 14.6 Å². The maximum absolute atomic E-state index is 12.0. The normalized spacial score (nSPS) is 18.3. The molecule has 2 N–H and O–H groups in total. The zero-order valence-corrected chi connectivity index (χ0v) is 14.0. The number of benzene rings is 1. The lowest BCUT2D eigenvalue weighted by molar-refractivity contribution is -0.144. The van der Waals surface area contributed by atoms with E-state index in [1.165, 1.54) is 19.3 Å². The molecule has 0 radical (unpaired) electrons. The van der Waals surface area contributed by atoms with Crippen LogP contribution in [0.3, 0.4) is 0 Å². The molecule has 4 nitrogen and oxygen atoms in total. The average Bonchev–Trinajstić information content (AvgIpc) is 2.60. The molecule has 1 aromatic rings. The third-order valence-electron chi connectivity index (χ3n) is 4.71. The van der Waals surface area contributed by atoms with Crippen molar-refractivity contribution in [1.29, 1.82) is 0 Å². The van der Waals surface area contributed by atoms with Gasteiger partial charge in [-0.05, 0) is 31.2 Å². The van der Waals surface area contributed by atoms with Crippen LogP contribution in [-0.4, -0.2) is 30.3 Å². The molecule has 0 heterocycles. The second kappa shape index (κ2) is 9.68. The molecule has 4 heteroatoms. The summed E-state index contributed by atoms with van der Waals surface area (Å²) in [6.45, 7) is 2.27. The molecule has 1 aromatic carbocycles. The monoisotopic (exact) mass is 319 g/mol. The minimum atomic E-state index is -0.152. The molecule has 0 spiro atoms. The van der Waals surface area contributed by atoms with Gasteiger partial charge in [-0.1, -0.05) is 49.6 Å². The lowest BCUT2D eigenvalue weighted by atomic mass is 9.82. The number of nitrogens with one attached hydrogen (secondary N) is 1. The zero-order chi connectivity index (χ0) is 16.5. The minimum absolute atomic E-state index is 0.0239. The first kappa shape index (κ1) is 18.0. The van der Waals surface area contributed by atoms with E-state index in [0.29, 0.717) is 18.9 Å². The van der Waals surface area contributed by atoms with E-state index in [-0.39, 0.29) is 24.7 Å². The molecule has 0 amide bonds. The molecule has 23 heavy (non-hydrogen) atoms. The Morgan fingerprint density at radius 3 is 2.57 bits per heavy atom. The Hall–Kier alpha value is -1.39. The van der Waals surface area contributed by atoms with Crippen molar-refractivity contribution in [2.24, 2.45) is 5.92 Å². The number of hydrogen-bond acceptors (Lipinski definition) is 4. The third-order valence-corrected chi connectivity index (χ3v) is 4.71. The molecule has 1 saturated carbocycles. The highest BCUT2D eigenvalue weighted by Crippen LogP contribution is 2.29. The van der Waals surface area contributed by atoms with Crippen LogP contribution in [0.25, 0.3) is 0 Å². The predicted molar refractivity (Wildman–Crippen MR) is 91.0 cm³/mol. The lowest BCUT2D eigenvalue weighted by Gasteiger charge is -2.33. The van der Waals surface area contributed by atoms with Gasteiger partial charge in [0, 0.05) is 6.04 Å². The van der Waals surface area contributed by atoms with Crippen LogP contribution in [0, 0.1) is 5.92 Å². The van der Waals surface area contributed by atoms with Gasteiger partial charge in [0.2, 0.25) is 0 Å². The van der Waals surface area contributed by atoms with Crippen molar-refractivity contribution in [3.63, 3.8) is 0 Å². The number of aliphatic hydroxyl groups excluding tert-OH is 1. The van der Waals surface area contributed by atoms with E-state index < -0.39 is 0 Å². The van der Waals surface area contributed by atoms with Crippen LogP contribution in [0.2, 0.25) is 0 Å². The Kier molecular flexibility index (Phi) is 7.56. The first-order chi connectivity index (χ1) is 11.2. The number of carbonyl (C=O) groups is 1. The van der Waals surface area contributed by atoms with Gasteiger partial charge in [0.05, 0.1) is 25.7 Å². The molecule has 0 aliphatic heterocycles. The van der Waals surface area contributed by atoms with E-state index in [1.54, 1.807) is 0 Å². The Labute approximate surface area is 139 Å². The van der Waals surface area contributed by atoms with Gasteiger partial charge in [-0.2, -0.15) is 0 Å². The molecule has 128 valence electrons. The van der Waals surface area contributed by atoms with E-state index in [0.717, 1.165) is 18.4 Å². The predicted octanol–water partition coefficient (Wildman–Crippen LogP) is 3.21. The number of aliphatic hydroxyl groups is 1. The smallest absolute Gasteiger partial charge is 0.307 e. The minimum Gasteiger partial charge on any atom is -0.466 e. The van der Waals surface area contributed by atoms with Gasteiger partial charge in [-0.15, -0.1) is 0 Å². The van der Waals surface area contributed by atoms with Crippen molar-refractivity contribution >= 4 is 5.97 Å². The largest absolute Gasteiger partial charge is 0.466 e. The average molecular weight is 319 g/mol. The zero-order valence-electron chi connectivity index (χ0n) is 14.0. The Balaban J connectivity index is 2.06. The van der Waals surface area contributed by atoms with Crippen molar-refractivity contribution in [2.45, 2.75) is 57.5 Å². The summed E-state index contributed by atoms with van der Waals surface area (Å²) >= 11 is 0. The summed E-state index contributed by atoms with van der Waals surface area (Å²) < 4.78 is 5.14. The maximum atomic E-state index is 12.0. The van der Waals surface area contributed by atoms with Crippen LogP contribution in [0.4, 0.5) is 0 Å². The third kappa shape index (κ3) is 5.63. The van der Waals surface area contributed by atoms with Gasteiger partial charge in [-0.25, -0.2) is 0 Å². The van der Waals surface area contributed by atoms with Gasteiger partial charge in [0.1, 0.15) is 0 Å². The van der Waals surface area contributed by atoms with E-state index in [4.69, 9.17) is 4.74 Å². The molecule has 0 aromatic heterocycles. The van der Waals surface area contributed by atoms with Gasteiger partial charge in [0.25, 0.3) is 0 Å². The molecule has 2 atom stereocenters. The first-order valence-corrected chi connectivity index (χ1v) is 8.82. The maximum Gasteiger partial charge on any atom is 0.307 e. The molecule has 0 bridgehead atoms. The lowest BCUT2D eigenvalue weighted by Crippen LogP contribution is -2.42. The molecular formula is C19H29NO3. The molecule has 0 unspecified atom stereocenters. The fourth-order valence-electron chi connectivity index (χ4n) is 3.50. The van der Waals surface area contributed by atoms with Crippen molar-refractivity contribution in [2.75, 3.05) is 13.2 Å².